The Morgan fingerprint density at radius 1 is 1.40 bits per heavy atom. The van der Waals surface area contributed by atoms with E-state index in [2.05, 4.69) is 15.9 Å². The van der Waals surface area contributed by atoms with Crippen molar-refractivity contribution in [2.75, 3.05) is 0 Å². The molecule has 0 saturated heterocycles. The fourth-order valence-electron chi connectivity index (χ4n) is 1.63. The first-order valence-corrected chi connectivity index (χ1v) is 5.37. The van der Waals surface area contributed by atoms with Gasteiger partial charge in [-0.05, 0) is 47.8 Å². The second-order valence-electron chi connectivity index (χ2n) is 3.65. The fraction of sp³-hybridized carbons (Fsp3) is 0.364. The first kappa shape index (κ1) is 12.0. The Morgan fingerprint density at radius 3 is 2.40 bits per heavy atom. The number of hydrogen-bond donors (Lipinski definition) is 2. The number of phenols is 1. The van der Waals surface area contributed by atoms with E-state index in [9.17, 15) is 9.90 Å². The molecule has 0 bridgehead atoms. The molecule has 0 amide bonds. The van der Waals surface area contributed by atoms with Crippen LogP contribution in [0.25, 0.3) is 0 Å². The van der Waals surface area contributed by atoms with E-state index in [0.29, 0.717) is 10.0 Å². The predicted octanol–water partition coefficient (Wildman–Crippen LogP) is 2.96. The van der Waals surface area contributed by atoms with Gasteiger partial charge >= 0.3 is 5.97 Å². The third-order valence-electron chi connectivity index (χ3n) is 2.47. The zero-order valence-electron chi connectivity index (χ0n) is 8.84. The van der Waals surface area contributed by atoms with Crippen molar-refractivity contribution in [3.05, 3.63) is 27.2 Å². The number of phenolic OH excluding ortho intramolecular Hbond substituents is 1. The lowest BCUT2D eigenvalue weighted by molar-refractivity contribution is -0.138. The SMILES string of the molecule is Cc1cc(C)c(C(C)C(=O)O)c(O)c1Br. The number of carbonyl (C=O) groups is 1. The maximum Gasteiger partial charge on any atom is 0.310 e. The molecule has 0 saturated carbocycles. The fourth-order valence-corrected chi connectivity index (χ4v) is 1.96. The van der Waals surface area contributed by atoms with Crippen molar-refractivity contribution >= 4 is 21.9 Å². The molecule has 0 radical (unpaired) electrons. The number of halogens is 1. The molecule has 0 aliphatic heterocycles. The minimum atomic E-state index is -0.941. The summed E-state index contributed by atoms with van der Waals surface area (Å²) in [4.78, 5) is 10.9. The molecule has 0 heterocycles. The highest BCUT2D eigenvalue weighted by atomic mass is 79.9. The van der Waals surface area contributed by atoms with Gasteiger partial charge in [0.05, 0.1) is 10.4 Å². The van der Waals surface area contributed by atoms with Crippen LogP contribution in [-0.4, -0.2) is 16.2 Å². The summed E-state index contributed by atoms with van der Waals surface area (Å²) in [6.07, 6.45) is 0. The van der Waals surface area contributed by atoms with Crippen LogP contribution in [-0.2, 0) is 4.79 Å². The second kappa shape index (κ2) is 4.23. The van der Waals surface area contributed by atoms with Crippen molar-refractivity contribution in [3.63, 3.8) is 0 Å². The maximum atomic E-state index is 10.9. The van der Waals surface area contributed by atoms with Crippen LogP contribution in [0.3, 0.4) is 0 Å². The van der Waals surface area contributed by atoms with Crippen molar-refractivity contribution < 1.29 is 15.0 Å². The van der Waals surface area contributed by atoms with Gasteiger partial charge in [0, 0.05) is 5.56 Å². The topological polar surface area (TPSA) is 57.5 Å². The number of hydrogen-bond acceptors (Lipinski definition) is 2. The number of aryl methyl sites for hydroxylation is 2. The standard InChI is InChI=1S/C11H13BrO3/c1-5-4-6(2)9(12)10(13)8(5)7(3)11(14)15/h4,7,13H,1-3H3,(H,14,15). The van der Waals surface area contributed by atoms with E-state index in [1.807, 2.05) is 13.0 Å². The molecule has 1 atom stereocenters. The van der Waals surface area contributed by atoms with Gasteiger partial charge in [0.15, 0.2) is 0 Å². The summed E-state index contributed by atoms with van der Waals surface area (Å²) in [6, 6.07) is 1.86. The Morgan fingerprint density at radius 2 is 1.93 bits per heavy atom. The van der Waals surface area contributed by atoms with Crippen LogP contribution in [0.1, 0.15) is 29.5 Å². The number of aromatic hydroxyl groups is 1. The molecule has 15 heavy (non-hydrogen) atoms. The largest absolute Gasteiger partial charge is 0.506 e. The van der Waals surface area contributed by atoms with E-state index in [1.54, 1.807) is 13.8 Å². The minimum Gasteiger partial charge on any atom is -0.506 e. The zero-order valence-corrected chi connectivity index (χ0v) is 10.4. The van der Waals surface area contributed by atoms with Gasteiger partial charge < -0.3 is 10.2 Å². The van der Waals surface area contributed by atoms with Crippen molar-refractivity contribution in [2.45, 2.75) is 26.7 Å². The Balaban J connectivity index is 3.42. The molecular weight excluding hydrogens is 260 g/mol. The Kier molecular flexibility index (Phi) is 3.39. The quantitative estimate of drug-likeness (QED) is 0.870. The summed E-state index contributed by atoms with van der Waals surface area (Å²) >= 11 is 3.24. The highest BCUT2D eigenvalue weighted by Gasteiger charge is 2.22. The normalized spacial score (nSPS) is 12.5. The molecule has 4 heteroatoms. The lowest BCUT2D eigenvalue weighted by atomic mass is 9.94. The van der Waals surface area contributed by atoms with Crippen molar-refractivity contribution in [1.82, 2.24) is 0 Å². The van der Waals surface area contributed by atoms with Crippen molar-refractivity contribution in [2.24, 2.45) is 0 Å². The van der Waals surface area contributed by atoms with E-state index in [1.165, 1.54) is 0 Å². The van der Waals surface area contributed by atoms with Crippen LogP contribution >= 0.6 is 15.9 Å². The molecule has 0 aliphatic rings. The highest BCUT2D eigenvalue weighted by molar-refractivity contribution is 9.10. The molecule has 0 aliphatic carbocycles. The molecule has 1 unspecified atom stereocenters. The molecule has 0 fully saturated rings. The van der Waals surface area contributed by atoms with E-state index in [-0.39, 0.29) is 5.75 Å². The average molecular weight is 273 g/mol. The number of carboxylic acids is 1. The minimum absolute atomic E-state index is 0.0300. The average Bonchev–Trinajstić information content (AvgIpc) is 2.14. The highest BCUT2D eigenvalue weighted by Crippen LogP contribution is 2.37. The number of rotatable bonds is 2. The van der Waals surface area contributed by atoms with Crippen LogP contribution in [0.2, 0.25) is 0 Å². The first-order chi connectivity index (χ1) is 6.86. The second-order valence-corrected chi connectivity index (χ2v) is 4.44. The van der Waals surface area contributed by atoms with Crippen molar-refractivity contribution in [1.29, 1.82) is 0 Å². The van der Waals surface area contributed by atoms with Gasteiger partial charge in [-0.15, -0.1) is 0 Å². The van der Waals surface area contributed by atoms with E-state index >= 15 is 0 Å². The number of aliphatic carboxylic acids is 1. The monoisotopic (exact) mass is 272 g/mol. The molecule has 1 rings (SSSR count). The zero-order chi connectivity index (χ0) is 11.7. The van der Waals surface area contributed by atoms with E-state index in [0.717, 1.165) is 11.1 Å². The van der Waals surface area contributed by atoms with Gasteiger partial charge in [-0.25, -0.2) is 0 Å². The predicted molar refractivity (Wildman–Crippen MR) is 61.3 cm³/mol. The Bertz CT molecular complexity index is 413. The molecule has 3 nitrogen and oxygen atoms in total. The third kappa shape index (κ3) is 2.15. The Hall–Kier alpha value is -1.03. The van der Waals surface area contributed by atoms with Crippen LogP contribution in [0.5, 0.6) is 5.75 Å². The summed E-state index contributed by atoms with van der Waals surface area (Å²) in [5.74, 6) is -1.62. The van der Waals surface area contributed by atoms with Crippen LogP contribution in [0.15, 0.2) is 10.5 Å². The molecule has 82 valence electrons. The smallest absolute Gasteiger partial charge is 0.310 e. The molecular formula is C11H13BrO3. The van der Waals surface area contributed by atoms with Gasteiger partial charge in [0.2, 0.25) is 0 Å². The number of benzene rings is 1. The number of carboxylic acid groups (broad SMARTS) is 1. The van der Waals surface area contributed by atoms with E-state index < -0.39 is 11.9 Å². The van der Waals surface area contributed by atoms with Gasteiger partial charge in [-0.1, -0.05) is 6.07 Å². The van der Waals surface area contributed by atoms with E-state index in [4.69, 9.17) is 5.11 Å². The molecule has 1 aromatic rings. The summed E-state index contributed by atoms with van der Waals surface area (Å²) in [7, 11) is 0. The summed E-state index contributed by atoms with van der Waals surface area (Å²) in [5.41, 5.74) is 2.16. The maximum absolute atomic E-state index is 10.9. The third-order valence-corrected chi connectivity index (χ3v) is 3.47. The summed E-state index contributed by atoms with van der Waals surface area (Å²) < 4.78 is 0.566. The van der Waals surface area contributed by atoms with Gasteiger partial charge in [-0.2, -0.15) is 0 Å². The molecule has 2 N–H and O–H groups in total. The van der Waals surface area contributed by atoms with Crippen LogP contribution in [0.4, 0.5) is 0 Å². The first-order valence-electron chi connectivity index (χ1n) is 4.57. The molecule has 0 aromatic heterocycles. The molecule has 0 spiro atoms. The molecule has 1 aromatic carbocycles. The van der Waals surface area contributed by atoms with Crippen molar-refractivity contribution in [3.8, 4) is 5.75 Å². The van der Waals surface area contributed by atoms with Gasteiger partial charge in [0.1, 0.15) is 5.75 Å². The summed E-state index contributed by atoms with van der Waals surface area (Å²) in [6.45, 7) is 5.21. The summed E-state index contributed by atoms with van der Waals surface area (Å²) in [5, 5.41) is 18.8. The van der Waals surface area contributed by atoms with Crippen LogP contribution < -0.4 is 0 Å². The van der Waals surface area contributed by atoms with Gasteiger partial charge in [-0.3, -0.25) is 4.79 Å². The lowest BCUT2D eigenvalue weighted by Gasteiger charge is -2.15. The van der Waals surface area contributed by atoms with Crippen LogP contribution in [0, 0.1) is 13.8 Å². The lowest BCUT2D eigenvalue weighted by Crippen LogP contribution is -2.09. The Labute approximate surface area is 96.9 Å². The van der Waals surface area contributed by atoms with Gasteiger partial charge in [0.25, 0.3) is 0 Å².